The van der Waals surface area contributed by atoms with Crippen LogP contribution < -0.4 is 5.32 Å². The zero-order valence-corrected chi connectivity index (χ0v) is 26.2. The summed E-state index contributed by atoms with van der Waals surface area (Å²) >= 11 is 12.8. The maximum Gasteiger partial charge on any atom is 0.241 e. The third-order valence-corrected chi connectivity index (χ3v) is 11.5. The second kappa shape index (κ2) is 9.25. The summed E-state index contributed by atoms with van der Waals surface area (Å²) in [6.45, 7) is 24.8. The highest BCUT2D eigenvalue weighted by Crippen LogP contribution is 2.64. The fraction of sp³-hybridized carbons (Fsp3) is 0.548. The highest BCUT2D eigenvalue weighted by atomic mass is 35.5. The number of H-pyrrole nitrogens is 1. The van der Waals surface area contributed by atoms with Gasteiger partial charge in [-0.15, -0.1) is 0 Å². The number of nitrogens with zero attached hydrogens (tertiary/aromatic N) is 2. The van der Waals surface area contributed by atoms with Crippen molar-refractivity contribution in [2.75, 3.05) is 0 Å². The number of imidazole rings is 1. The Morgan fingerprint density at radius 1 is 0.921 bits per heavy atom. The van der Waals surface area contributed by atoms with Gasteiger partial charge in [-0.2, -0.15) is 0 Å². The van der Waals surface area contributed by atoms with E-state index < -0.39 is 5.54 Å². The molecule has 7 heteroatoms. The van der Waals surface area contributed by atoms with Gasteiger partial charge in [0.05, 0.1) is 17.6 Å². The maximum atomic E-state index is 14.3. The van der Waals surface area contributed by atoms with Crippen LogP contribution >= 0.6 is 23.2 Å². The van der Waals surface area contributed by atoms with Crippen LogP contribution in [0.5, 0.6) is 0 Å². The fourth-order valence-electron chi connectivity index (χ4n) is 6.50. The van der Waals surface area contributed by atoms with E-state index in [9.17, 15) is 4.79 Å². The molecule has 5 nitrogen and oxygen atoms in total. The average Bonchev–Trinajstić information content (AvgIpc) is 3.30. The summed E-state index contributed by atoms with van der Waals surface area (Å²) in [6.07, 6.45) is 0. The highest BCUT2D eigenvalue weighted by molar-refractivity contribution is 6.35. The summed E-state index contributed by atoms with van der Waals surface area (Å²) in [5.74, 6) is 0.738. The summed E-state index contributed by atoms with van der Waals surface area (Å²) in [7, 11) is 0. The van der Waals surface area contributed by atoms with Crippen molar-refractivity contribution in [3.63, 3.8) is 0 Å². The van der Waals surface area contributed by atoms with Crippen LogP contribution in [0.3, 0.4) is 0 Å². The third kappa shape index (κ3) is 3.91. The van der Waals surface area contributed by atoms with Gasteiger partial charge >= 0.3 is 0 Å². The topological polar surface area (TPSA) is 61.0 Å². The molecule has 0 saturated carbocycles. The summed E-state index contributed by atoms with van der Waals surface area (Å²) in [6, 6.07) is 5.58. The highest BCUT2D eigenvalue weighted by Gasteiger charge is 2.71. The zero-order valence-electron chi connectivity index (χ0n) is 24.7. The predicted octanol–water partition coefficient (Wildman–Crippen LogP) is 7.83. The summed E-state index contributed by atoms with van der Waals surface area (Å²) in [5, 5.41) is 4.46. The fourth-order valence-corrected chi connectivity index (χ4v) is 6.97. The van der Waals surface area contributed by atoms with Gasteiger partial charge in [-0.05, 0) is 99.2 Å². The molecule has 206 valence electrons. The summed E-state index contributed by atoms with van der Waals surface area (Å²) in [5.41, 5.74) is 6.17. The molecule has 2 aromatic carbocycles. The lowest BCUT2D eigenvalue weighted by atomic mass is 9.57. The number of nitrogens with one attached hydrogen (secondary N) is 2. The lowest BCUT2D eigenvalue weighted by Crippen LogP contribution is -2.61. The number of fused-ring (bicyclic) bond motifs is 1. The summed E-state index contributed by atoms with van der Waals surface area (Å²) in [4.78, 5) is 25.0. The quantitative estimate of drug-likeness (QED) is 0.336. The largest absolute Gasteiger partial charge is 0.347 e. The number of carbonyl (C=O) groups is 1. The molecule has 0 spiro atoms. The molecule has 3 aromatic rings. The molecule has 1 fully saturated rings. The molecule has 1 amide bonds. The SMILES string of the molecule is Cc1c(C)c(C)c2[nH]c(CNC(=O)C3(C)N(Cc4ccc(Cl)cc4Cl)C(C)(C)C(C)(C)C3(C)C)nc2c1C. The van der Waals surface area contributed by atoms with Gasteiger partial charge in [-0.1, -0.05) is 57.0 Å². The number of halogens is 2. The van der Waals surface area contributed by atoms with Gasteiger partial charge < -0.3 is 10.3 Å². The summed E-state index contributed by atoms with van der Waals surface area (Å²) < 4.78 is 0. The molecule has 1 atom stereocenters. The minimum absolute atomic E-state index is 0.0208. The molecule has 1 aliphatic heterocycles. The van der Waals surface area contributed by atoms with Crippen LogP contribution in [0.15, 0.2) is 18.2 Å². The van der Waals surface area contributed by atoms with E-state index in [1.54, 1.807) is 6.07 Å². The van der Waals surface area contributed by atoms with Crippen molar-refractivity contribution in [2.24, 2.45) is 10.8 Å². The normalized spacial score (nSPS) is 22.2. The van der Waals surface area contributed by atoms with Crippen LogP contribution in [0, 0.1) is 38.5 Å². The van der Waals surface area contributed by atoms with Crippen LogP contribution in [0.25, 0.3) is 11.0 Å². The van der Waals surface area contributed by atoms with E-state index in [-0.39, 0.29) is 22.3 Å². The standard InChI is InChI=1S/C31H42Cl2N4O/c1-17-18(2)20(4)26-25(19(17)3)35-24(36-26)15-34-27(38)31(11)29(7,8)28(5,6)30(9,10)37(31)16-21-12-13-22(32)14-23(21)33/h12-14H,15-16H2,1-11H3,(H,34,38)(H,35,36). The van der Waals surface area contributed by atoms with Crippen molar-refractivity contribution in [3.05, 3.63) is 61.9 Å². The molecule has 2 N–H and O–H groups in total. The van der Waals surface area contributed by atoms with Crippen LogP contribution in [0.2, 0.25) is 10.0 Å². The van der Waals surface area contributed by atoms with E-state index in [0.717, 1.165) is 22.4 Å². The first-order valence-electron chi connectivity index (χ1n) is 13.3. The third-order valence-electron chi connectivity index (χ3n) is 10.9. The van der Waals surface area contributed by atoms with Crippen molar-refractivity contribution < 1.29 is 4.79 Å². The molecule has 0 aliphatic carbocycles. The van der Waals surface area contributed by atoms with Gasteiger partial charge in [0.15, 0.2) is 0 Å². The molecule has 1 aromatic heterocycles. The van der Waals surface area contributed by atoms with Crippen LogP contribution in [0.1, 0.15) is 82.1 Å². The molecular weight excluding hydrogens is 515 g/mol. The molecule has 1 unspecified atom stereocenters. The van der Waals surface area contributed by atoms with E-state index in [0.29, 0.717) is 23.1 Å². The molecule has 1 saturated heterocycles. The first kappa shape index (κ1) is 28.9. The monoisotopic (exact) mass is 556 g/mol. The van der Waals surface area contributed by atoms with Gasteiger partial charge in [0.25, 0.3) is 0 Å². The number of hydrogen-bond donors (Lipinski definition) is 2. The number of rotatable bonds is 5. The van der Waals surface area contributed by atoms with E-state index in [1.165, 1.54) is 22.3 Å². The predicted molar refractivity (Wildman–Crippen MR) is 159 cm³/mol. The first-order valence-corrected chi connectivity index (χ1v) is 14.1. The molecule has 4 rings (SSSR count). The molecule has 0 bridgehead atoms. The second-order valence-corrected chi connectivity index (χ2v) is 13.6. The van der Waals surface area contributed by atoms with Gasteiger partial charge in [0, 0.05) is 22.1 Å². The van der Waals surface area contributed by atoms with Crippen LogP contribution in [-0.4, -0.2) is 31.9 Å². The Morgan fingerprint density at radius 2 is 1.53 bits per heavy atom. The number of benzene rings is 2. The Kier molecular flexibility index (Phi) is 7.04. The number of aromatic nitrogens is 2. The minimum Gasteiger partial charge on any atom is -0.347 e. The second-order valence-electron chi connectivity index (χ2n) is 12.8. The number of hydrogen-bond acceptors (Lipinski definition) is 3. The number of amides is 1. The lowest BCUT2D eigenvalue weighted by Gasteiger charge is -2.46. The molecular formula is C31H42Cl2N4O. The minimum atomic E-state index is -0.825. The number of carbonyl (C=O) groups excluding carboxylic acids is 1. The lowest BCUT2D eigenvalue weighted by molar-refractivity contribution is -0.139. The Morgan fingerprint density at radius 3 is 2.13 bits per heavy atom. The Balaban J connectivity index is 1.71. The van der Waals surface area contributed by atoms with Gasteiger partial charge in [-0.3, -0.25) is 9.69 Å². The average molecular weight is 558 g/mol. The molecule has 0 radical (unpaired) electrons. The number of aromatic amines is 1. The van der Waals surface area contributed by atoms with E-state index in [1.807, 2.05) is 12.1 Å². The van der Waals surface area contributed by atoms with Gasteiger partial charge in [0.1, 0.15) is 11.4 Å². The zero-order chi connectivity index (χ0) is 28.6. The van der Waals surface area contributed by atoms with E-state index >= 15 is 0 Å². The molecule has 38 heavy (non-hydrogen) atoms. The number of likely N-dealkylation sites (tertiary alicyclic amines) is 1. The van der Waals surface area contributed by atoms with E-state index in [2.05, 4.69) is 91.4 Å². The van der Waals surface area contributed by atoms with Crippen LogP contribution in [-0.2, 0) is 17.9 Å². The Hall–Kier alpha value is -2.08. The molecule has 2 heterocycles. The van der Waals surface area contributed by atoms with Gasteiger partial charge in [-0.25, -0.2) is 4.98 Å². The number of aryl methyl sites for hydroxylation is 2. The smallest absolute Gasteiger partial charge is 0.241 e. The van der Waals surface area contributed by atoms with Crippen molar-refractivity contribution in [2.45, 2.75) is 100 Å². The Bertz CT molecular complexity index is 1390. The van der Waals surface area contributed by atoms with Gasteiger partial charge in [0.2, 0.25) is 5.91 Å². The van der Waals surface area contributed by atoms with Crippen molar-refractivity contribution in [1.29, 1.82) is 0 Å². The first-order chi connectivity index (χ1) is 17.4. The van der Waals surface area contributed by atoms with Crippen LogP contribution in [0.4, 0.5) is 0 Å². The van der Waals surface area contributed by atoms with E-state index in [4.69, 9.17) is 28.2 Å². The van der Waals surface area contributed by atoms with Crippen molar-refractivity contribution >= 4 is 40.1 Å². The van der Waals surface area contributed by atoms with Crippen molar-refractivity contribution in [1.82, 2.24) is 20.2 Å². The maximum absolute atomic E-state index is 14.3. The molecule has 1 aliphatic rings. The Labute approximate surface area is 237 Å². The van der Waals surface area contributed by atoms with Crippen molar-refractivity contribution in [3.8, 4) is 0 Å².